The van der Waals surface area contributed by atoms with Gasteiger partial charge in [0.05, 0.1) is 6.61 Å². The maximum absolute atomic E-state index is 11.4. The van der Waals surface area contributed by atoms with Crippen LogP contribution in [0.1, 0.15) is 37.9 Å². The summed E-state index contributed by atoms with van der Waals surface area (Å²) in [6.07, 6.45) is 0.598. The molecule has 1 aromatic heterocycles. The number of aromatic nitrogens is 2. The van der Waals surface area contributed by atoms with Crippen LogP contribution >= 0.6 is 0 Å². The van der Waals surface area contributed by atoms with Crippen LogP contribution in [0.4, 0.5) is 0 Å². The van der Waals surface area contributed by atoms with Crippen molar-refractivity contribution in [2.45, 2.75) is 33.1 Å². The summed E-state index contributed by atoms with van der Waals surface area (Å²) in [6.45, 7) is 5.72. The third kappa shape index (κ3) is 2.31. The molecular formula is C9H14N2O3. The molecule has 0 aliphatic heterocycles. The monoisotopic (exact) mass is 198 g/mol. The number of hydrogen-bond acceptors (Lipinski definition) is 5. The van der Waals surface area contributed by atoms with E-state index in [2.05, 4.69) is 10.1 Å². The van der Waals surface area contributed by atoms with E-state index in [-0.39, 0.29) is 5.97 Å². The lowest BCUT2D eigenvalue weighted by Gasteiger charge is -2.08. The van der Waals surface area contributed by atoms with Gasteiger partial charge in [-0.3, -0.25) is 4.79 Å². The SMILES string of the molecule is CCOC(=O)C(CC)c1nc(C)no1. The van der Waals surface area contributed by atoms with Gasteiger partial charge in [0, 0.05) is 0 Å². The van der Waals surface area contributed by atoms with Gasteiger partial charge in [-0.05, 0) is 20.3 Å². The first-order chi connectivity index (χ1) is 6.69. The summed E-state index contributed by atoms with van der Waals surface area (Å²) in [5.74, 6) is 0.126. The van der Waals surface area contributed by atoms with E-state index in [9.17, 15) is 4.79 Å². The maximum atomic E-state index is 11.4. The van der Waals surface area contributed by atoms with Gasteiger partial charge in [0.25, 0.3) is 0 Å². The van der Waals surface area contributed by atoms with E-state index in [1.165, 1.54) is 0 Å². The number of esters is 1. The number of ether oxygens (including phenoxy) is 1. The molecule has 5 nitrogen and oxygen atoms in total. The van der Waals surface area contributed by atoms with Crippen LogP contribution in [-0.2, 0) is 9.53 Å². The second kappa shape index (κ2) is 4.74. The standard InChI is InChI=1S/C9H14N2O3/c1-4-7(9(12)13-5-2)8-10-6(3)11-14-8/h7H,4-5H2,1-3H3. The fourth-order valence-electron chi connectivity index (χ4n) is 1.14. The summed E-state index contributed by atoms with van der Waals surface area (Å²) >= 11 is 0. The zero-order valence-corrected chi connectivity index (χ0v) is 8.61. The van der Waals surface area contributed by atoms with E-state index in [0.717, 1.165) is 0 Å². The molecule has 0 aliphatic rings. The molecule has 0 spiro atoms. The molecule has 0 fully saturated rings. The first kappa shape index (κ1) is 10.7. The highest BCUT2D eigenvalue weighted by Gasteiger charge is 2.25. The van der Waals surface area contributed by atoms with Crippen molar-refractivity contribution in [2.24, 2.45) is 0 Å². The van der Waals surface area contributed by atoms with Gasteiger partial charge in [-0.15, -0.1) is 0 Å². The van der Waals surface area contributed by atoms with Gasteiger partial charge < -0.3 is 9.26 Å². The highest BCUT2D eigenvalue weighted by Crippen LogP contribution is 2.18. The van der Waals surface area contributed by atoms with E-state index in [1.807, 2.05) is 6.92 Å². The summed E-state index contributed by atoms with van der Waals surface area (Å²) < 4.78 is 9.81. The molecular weight excluding hydrogens is 184 g/mol. The van der Waals surface area contributed by atoms with E-state index in [1.54, 1.807) is 13.8 Å². The van der Waals surface area contributed by atoms with Crippen molar-refractivity contribution in [1.29, 1.82) is 0 Å². The topological polar surface area (TPSA) is 65.2 Å². The summed E-state index contributed by atoms with van der Waals surface area (Å²) in [4.78, 5) is 15.4. The van der Waals surface area contributed by atoms with E-state index in [0.29, 0.717) is 24.7 Å². The van der Waals surface area contributed by atoms with Gasteiger partial charge in [-0.1, -0.05) is 12.1 Å². The zero-order valence-electron chi connectivity index (χ0n) is 8.61. The Morgan fingerprint density at radius 2 is 2.29 bits per heavy atom. The molecule has 1 aromatic rings. The number of aryl methyl sites for hydroxylation is 1. The minimum atomic E-state index is -0.434. The molecule has 1 rings (SSSR count). The van der Waals surface area contributed by atoms with Gasteiger partial charge in [-0.25, -0.2) is 0 Å². The Morgan fingerprint density at radius 3 is 2.71 bits per heavy atom. The lowest BCUT2D eigenvalue weighted by atomic mass is 10.1. The normalized spacial score (nSPS) is 12.5. The Kier molecular flexibility index (Phi) is 3.62. The fraction of sp³-hybridized carbons (Fsp3) is 0.667. The smallest absolute Gasteiger partial charge is 0.318 e. The van der Waals surface area contributed by atoms with Crippen LogP contribution in [0.15, 0.2) is 4.52 Å². The molecule has 5 heteroatoms. The molecule has 1 heterocycles. The average Bonchev–Trinajstić information content (AvgIpc) is 2.54. The Bertz CT molecular complexity index is 309. The van der Waals surface area contributed by atoms with E-state index >= 15 is 0 Å². The van der Waals surface area contributed by atoms with Crippen molar-refractivity contribution in [3.05, 3.63) is 11.7 Å². The second-order valence-corrected chi connectivity index (χ2v) is 2.89. The van der Waals surface area contributed by atoms with Crippen LogP contribution in [-0.4, -0.2) is 22.7 Å². The molecule has 0 radical (unpaired) electrons. The predicted molar refractivity (Wildman–Crippen MR) is 48.7 cm³/mol. The van der Waals surface area contributed by atoms with Crippen molar-refractivity contribution >= 4 is 5.97 Å². The van der Waals surface area contributed by atoms with Crippen molar-refractivity contribution < 1.29 is 14.1 Å². The van der Waals surface area contributed by atoms with Crippen LogP contribution in [0.25, 0.3) is 0 Å². The minimum Gasteiger partial charge on any atom is -0.465 e. The molecule has 1 unspecified atom stereocenters. The third-order valence-corrected chi connectivity index (χ3v) is 1.82. The van der Waals surface area contributed by atoms with E-state index < -0.39 is 5.92 Å². The molecule has 0 N–H and O–H groups in total. The molecule has 0 aromatic carbocycles. The minimum absolute atomic E-state index is 0.307. The molecule has 78 valence electrons. The largest absolute Gasteiger partial charge is 0.465 e. The molecule has 0 aliphatic carbocycles. The fourth-order valence-corrected chi connectivity index (χ4v) is 1.14. The van der Waals surface area contributed by atoms with Gasteiger partial charge in [-0.2, -0.15) is 4.98 Å². The average molecular weight is 198 g/mol. The molecule has 1 atom stereocenters. The van der Waals surface area contributed by atoms with Crippen molar-refractivity contribution in [3.63, 3.8) is 0 Å². The number of carbonyl (C=O) groups excluding carboxylic acids is 1. The maximum Gasteiger partial charge on any atom is 0.318 e. The summed E-state index contributed by atoms with van der Waals surface area (Å²) in [7, 11) is 0. The lowest BCUT2D eigenvalue weighted by Crippen LogP contribution is -2.15. The van der Waals surface area contributed by atoms with Crippen LogP contribution in [0.2, 0.25) is 0 Å². The van der Waals surface area contributed by atoms with Crippen molar-refractivity contribution in [2.75, 3.05) is 6.61 Å². The summed E-state index contributed by atoms with van der Waals surface area (Å²) in [5, 5.41) is 3.63. The Balaban J connectivity index is 2.76. The molecule has 0 amide bonds. The summed E-state index contributed by atoms with van der Waals surface area (Å²) in [5.41, 5.74) is 0. The van der Waals surface area contributed by atoms with E-state index in [4.69, 9.17) is 9.26 Å². The molecule has 14 heavy (non-hydrogen) atoms. The lowest BCUT2D eigenvalue weighted by molar-refractivity contribution is -0.145. The van der Waals surface area contributed by atoms with Crippen LogP contribution in [0.3, 0.4) is 0 Å². The van der Waals surface area contributed by atoms with Crippen LogP contribution < -0.4 is 0 Å². The highest BCUT2D eigenvalue weighted by molar-refractivity contribution is 5.76. The van der Waals surface area contributed by atoms with Gasteiger partial charge >= 0.3 is 5.97 Å². The quantitative estimate of drug-likeness (QED) is 0.685. The van der Waals surface area contributed by atoms with Gasteiger partial charge in [0.15, 0.2) is 5.82 Å². The van der Waals surface area contributed by atoms with Gasteiger partial charge in [0.2, 0.25) is 5.89 Å². The molecule has 0 bridgehead atoms. The third-order valence-electron chi connectivity index (χ3n) is 1.82. The van der Waals surface area contributed by atoms with Crippen LogP contribution in [0.5, 0.6) is 0 Å². The van der Waals surface area contributed by atoms with Crippen molar-refractivity contribution in [3.8, 4) is 0 Å². The number of carbonyl (C=O) groups is 1. The Labute approximate surface area is 82.4 Å². The first-order valence-electron chi connectivity index (χ1n) is 4.65. The predicted octanol–water partition coefficient (Wildman–Crippen LogP) is 1.43. The van der Waals surface area contributed by atoms with Crippen LogP contribution in [0, 0.1) is 6.92 Å². The Hall–Kier alpha value is -1.39. The molecule has 0 saturated carbocycles. The highest BCUT2D eigenvalue weighted by atomic mass is 16.5. The second-order valence-electron chi connectivity index (χ2n) is 2.89. The van der Waals surface area contributed by atoms with Gasteiger partial charge in [0.1, 0.15) is 5.92 Å². The van der Waals surface area contributed by atoms with Crippen molar-refractivity contribution in [1.82, 2.24) is 10.1 Å². The Morgan fingerprint density at radius 1 is 1.57 bits per heavy atom. The number of hydrogen-bond donors (Lipinski definition) is 0. The molecule has 0 saturated heterocycles. The summed E-state index contributed by atoms with van der Waals surface area (Å²) in [6, 6.07) is 0. The first-order valence-corrected chi connectivity index (χ1v) is 4.65. The zero-order chi connectivity index (χ0) is 10.6. The number of nitrogens with zero attached hydrogens (tertiary/aromatic N) is 2. The number of rotatable bonds is 4.